The van der Waals surface area contributed by atoms with E-state index >= 15 is 0 Å². The number of hydrogen-bond donors (Lipinski definition) is 2. The van der Waals surface area contributed by atoms with E-state index in [2.05, 4.69) is 24.1 Å². The summed E-state index contributed by atoms with van der Waals surface area (Å²) in [5.74, 6) is 8.99. The van der Waals surface area contributed by atoms with Crippen LogP contribution in [0.1, 0.15) is 32.6 Å². The minimum atomic E-state index is 0.569. The molecule has 0 spiro atoms. The summed E-state index contributed by atoms with van der Waals surface area (Å²) >= 11 is 2.06. The number of unbranched alkanes of at least 4 members (excludes halogenated alkanes) is 1. The molecule has 2 atom stereocenters. The van der Waals surface area contributed by atoms with Gasteiger partial charge in [-0.1, -0.05) is 19.8 Å². The molecule has 2 nitrogen and oxygen atoms in total. The lowest BCUT2D eigenvalue weighted by atomic mass is 9.95. The molecule has 0 aromatic heterocycles. The summed E-state index contributed by atoms with van der Waals surface area (Å²) in [5, 5.41) is 0. The van der Waals surface area contributed by atoms with E-state index in [1.165, 1.54) is 37.2 Å². The molecule has 1 saturated heterocycles. The quantitative estimate of drug-likeness (QED) is 0.510. The average Bonchev–Trinajstić information content (AvgIpc) is 2.59. The van der Waals surface area contributed by atoms with Gasteiger partial charge in [-0.15, -0.1) is 0 Å². The molecule has 1 aliphatic heterocycles. The van der Waals surface area contributed by atoms with Crippen molar-refractivity contribution in [2.75, 3.05) is 11.5 Å². The van der Waals surface area contributed by atoms with Crippen LogP contribution < -0.4 is 11.3 Å². The zero-order chi connectivity index (χ0) is 8.81. The van der Waals surface area contributed by atoms with Gasteiger partial charge in [-0.25, -0.2) is 0 Å². The lowest BCUT2D eigenvalue weighted by Crippen LogP contribution is -2.40. The standard InChI is InChI=1S/C9H20N2S/c1-2-3-4-9(11-10)8-5-6-12-7-8/h8-9,11H,2-7,10H2,1H3. The van der Waals surface area contributed by atoms with Gasteiger partial charge < -0.3 is 0 Å². The molecule has 0 saturated carbocycles. The van der Waals surface area contributed by atoms with Crippen LogP contribution in [-0.2, 0) is 0 Å². The zero-order valence-corrected chi connectivity index (χ0v) is 8.70. The third-order valence-electron chi connectivity index (χ3n) is 2.62. The third kappa shape index (κ3) is 2.96. The van der Waals surface area contributed by atoms with E-state index in [1.807, 2.05) is 0 Å². The van der Waals surface area contributed by atoms with Crippen LogP contribution >= 0.6 is 11.8 Å². The van der Waals surface area contributed by atoms with Crippen molar-refractivity contribution in [2.45, 2.75) is 38.6 Å². The van der Waals surface area contributed by atoms with Crippen molar-refractivity contribution in [1.29, 1.82) is 0 Å². The van der Waals surface area contributed by atoms with Crippen molar-refractivity contribution in [3.8, 4) is 0 Å². The summed E-state index contributed by atoms with van der Waals surface area (Å²) in [5.41, 5.74) is 2.97. The predicted molar refractivity (Wildman–Crippen MR) is 56.1 cm³/mol. The lowest BCUT2D eigenvalue weighted by molar-refractivity contribution is 0.359. The Morgan fingerprint density at radius 3 is 3.00 bits per heavy atom. The van der Waals surface area contributed by atoms with Crippen LogP contribution in [0.25, 0.3) is 0 Å². The van der Waals surface area contributed by atoms with Crippen molar-refractivity contribution in [2.24, 2.45) is 11.8 Å². The molecule has 2 unspecified atom stereocenters. The van der Waals surface area contributed by atoms with Gasteiger partial charge in [0.05, 0.1) is 0 Å². The van der Waals surface area contributed by atoms with Crippen LogP contribution in [-0.4, -0.2) is 17.5 Å². The molecule has 3 heteroatoms. The van der Waals surface area contributed by atoms with E-state index in [1.54, 1.807) is 0 Å². The Bertz CT molecular complexity index is 113. The van der Waals surface area contributed by atoms with Gasteiger partial charge in [-0.3, -0.25) is 11.3 Å². The number of nitrogens with one attached hydrogen (secondary N) is 1. The highest BCUT2D eigenvalue weighted by atomic mass is 32.2. The van der Waals surface area contributed by atoms with Crippen molar-refractivity contribution >= 4 is 11.8 Å². The number of hydrazine groups is 1. The van der Waals surface area contributed by atoms with Crippen molar-refractivity contribution in [3.05, 3.63) is 0 Å². The number of rotatable bonds is 5. The fraction of sp³-hybridized carbons (Fsp3) is 1.00. The van der Waals surface area contributed by atoms with Crippen LogP contribution in [0, 0.1) is 5.92 Å². The van der Waals surface area contributed by atoms with Crippen LogP contribution in [0.3, 0.4) is 0 Å². The van der Waals surface area contributed by atoms with Gasteiger partial charge in [-0.2, -0.15) is 11.8 Å². The summed E-state index contributed by atoms with van der Waals surface area (Å²) in [6, 6.07) is 0.569. The highest BCUT2D eigenvalue weighted by Crippen LogP contribution is 2.27. The van der Waals surface area contributed by atoms with E-state index in [-0.39, 0.29) is 0 Å². The van der Waals surface area contributed by atoms with Crippen LogP contribution in [0.5, 0.6) is 0 Å². The minimum Gasteiger partial charge on any atom is -0.271 e. The Morgan fingerprint density at radius 1 is 1.67 bits per heavy atom. The van der Waals surface area contributed by atoms with Crippen molar-refractivity contribution in [3.63, 3.8) is 0 Å². The Hall–Kier alpha value is 0.270. The third-order valence-corrected chi connectivity index (χ3v) is 3.80. The highest BCUT2D eigenvalue weighted by Gasteiger charge is 2.23. The first-order chi connectivity index (χ1) is 5.88. The average molecular weight is 188 g/mol. The second kappa shape index (κ2) is 5.84. The van der Waals surface area contributed by atoms with Gasteiger partial charge in [0.2, 0.25) is 0 Å². The fourth-order valence-electron chi connectivity index (χ4n) is 1.75. The largest absolute Gasteiger partial charge is 0.271 e. The monoisotopic (exact) mass is 188 g/mol. The maximum Gasteiger partial charge on any atom is 0.0246 e. The number of thioether (sulfide) groups is 1. The molecule has 1 fully saturated rings. The van der Waals surface area contributed by atoms with E-state index in [0.717, 1.165) is 5.92 Å². The van der Waals surface area contributed by atoms with Gasteiger partial charge >= 0.3 is 0 Å². The Morgan fingerprint density at radius 2 is 2.50 bits per heavy atom. The molecule has 12 heavy (non-hydrogen) atoms. The topological polar surface area (TPSA) is 38.0 Å². The van der Waals surface area contributed by atoms with Gasteiger partial charge in [-0.05, 0) is 30.3 Å². The van der Waals surface area contributed by atoms with Crippen LogP contribution in [0.2, 0.25) is 0 Å². The molecule has 0 aromatic carbocycles. The molecule has 0 aromatic rings. The van der Waals surface area contributed by atoms with Gasteiger partial charge in [0, 0.05) is 6.04 Å². The fourth-order valence-corrected chi connectivity index (χ4v) is 3.09. The normalized spacial score (nSPS) is 26.0. The zero-order valence-electron chi connectivity index (χ0n) is 7.88. The molecule has 0 aliphatic carbocycles. The molecule has 0 bridgehead atoms. The summed E-state index contributed by atoms with van der Waals surface area (Å²) in [6.07, 6.45) is 5.18. The first-order valence-electron chi connectivity index (χ1n) is 4.92. The first kappa shape index (κ1) is 10.4. The minimum absolute atomic E-state index is 0.569. The Labute approximate surface area is 79.6 Å². The molecule has 1 rings (SSSR count). The Kier molecular flexibility index (Phi) is 5.04. The van der Waals surface area contributed by atoms with Crippen molar-refractivity contribution < 1.29 is 0 Å². The molecule has 72 valence electrons. The number of nitrogens with two attached hydrogens (primary N) is 1. The molecule has 3 N–H and O–H groups in total. The predicted octanol–water partition coefficient (Wildman–Crippen LogP) is 1.76. The maximum atomic E-state index is 5.53. The molecular formula is C9H20N2S. The van der Waals surface area contributed by atoms with Gasteiger partial charge in [0.25, 0.3) is 0 Å². The van der Waals surface area contributed by atoms with E-state index in [4.69, 9.17) is 5.84 Å². The second-order valence-electron chi connectivity index (χ2n) is 3.54. The summed E-state index contributed by atoms with van der Waals surface area (Å²) in [7, 11) is 0. The van der Waals surface area contributed by atoms with Crippen LogP contribution in [0.4, 0.5) is 0 Å². The number of hydrogen-bond acceptors (Lipinski definition) is 3. The molecule has 1 heterocycles. The molecule has 0 radical (unpaired) electrons. The summed E-state index contributed by atoms with van der Waals surface area (Å²) in [6.45, 7) is 2.23. The van der Waals surface area contributed by atoms with Gasteiger partial charge in [0.15, 0.2) is 0 Å². The molecule has 1 aliphatic rings. The summed E-state index contributed by atoms with van der Waals surface area (Å²) in [4.78, 5) is 0. The van der Waals surface area contributed by atoms with Crippen LogP contribution in [0.15, 0.2) is 0 Å². The molecular weight excluding hydrogens is 168 g/mol. The van der Waals surface area contributed by atoms with Gasteiger partial charge in [0.1, 0.15) is 0 Å². The van der Waals surface area contributed by atoms with E-state index in [9.17, 15) is 0 Å². The lowest BCUT2D eigenvalue weighted by Gasteiger charge is -2.21. The second-order valence-corrected chi connectivity index (χ2v) is 4.69. The molecule has 0 amide bonds. The van der Waals surface area contributed by atoms with E-state index < -0.39 is 0 Å². The smallest absolute Gasteiger partial charge is 0.0246 e. The SMILES string of the molecule is CCCCC(NN)C1CCSC1. The highest BCUT2D eigenvalue weighted by molar-refractivity contribution is 7.99. The maximum absolute atomic E-state index is 5.53. The first-order valence-corrected chi connectivity index (χ1v) is 6.07. The van der Waals surface area contributed by atoms with E-state index in [0.29, 0.717) is 6.04 Å². The van der Waals surface area contributed by atoms with Crippen molar-refractivity contribution in [1.82, 2.24) is 5.43 Å². The summed E-state index contributed by atoms with van der Waals surface area (Å²) < 4.78 is 0. The Balaban J connectivity index is 2.22.